The van der Waals surface area contributed by atoms with Gasteiger partial charge in [-0.15, -0.1) is 0 Å². The highest BCUT2D eigenvalue weighted by atomic mass is 15.3. The molecule has 3 heterocycles. The molecule has 0 aromatic carbocycles. The highest BCUT2D eigenvalue weighted by molar-refractivity contribution is 5.40. The Kier molecular flexibility index (Phi) is 3.90. The molecule has 1 fully saturated rings. The van der Waals surface area contributed by atoms with Gasteiger partial charge in [-0.25, -0.2) is 9.97 Å². The van der Waals surface area contributed by atoms with E-state index in [1.54, 1.807) is 0 Å². The molecular weight excluding hydrogens is 262 g/mol. The number of piperidine rings is 1. The molecule has 0 N–H and O–H groups in total. The summed E-state index contributed by atoms with van der Waals surface area (Å²) in [5.41, 5.74) is 2.34. The van der Waals surface area contributed by atoms with Gasteiger partial charge in [0.25, 0.3) is 0 Å². The molecule has 0 aliphatic carbocycles. The maximum atomic E-state index is 4.62. The van der Waals surface area contributed by atoms with Crippen LogP contribution in [0.5, 0.6) is 0 Å². The Morgan fingerprint density at radius 1 is 1.29 bits per heavy atom. The molecule has 5 nitrogen and oxygen atoms in total. The zero-order valence-corrected chi connectivity index (χ0v) is 13.1. The van der Waals surface area contributed by atoms with E-state index in [1.807, 2.05) is 13.1 Å². The maximum absolute atomic E-state index is 4.62. The second-order valence-corrected chi connectivity index (χ2v) is 5.86. The first-order valence-corrected chi connectivity index (χ1v) is 7.76. The van der Waals surface area contributed by atoms with Gasteiger partial charge in [0.15, 0.2) is 0 Å². The molecule has 2 aromatic rings. The number of nitrogens with zero attached hydrogens (tertiary/aromatic N) is 5. The van der Waals surface area contributed by atoms with Gasteiger partial charge in [0, 0.05) is 31.0 Å². The van der Waals surface area contributed by atoms with Crippen LogP contribution in [-0.2, 0) is 6.42 Å². The molecule has 0 spiro atoms. The first kappa shape index (κ1) is 14.0. The van der Waals surface area contributed by atoms with Gasteiger partial charge in [-0.3, -0.25) is 4.68 Å². The summed E-state index contributed by atoms with van der Waals surface area (Å²) in [5, 5.41) is 4.48. The largest absolute Gasteiger partial charge is 0.354 e. The van der Waals surface area contributed by atoms with Crippen molar-refractivity contribution in [1.82, 2.24) is 19.7 Å². The summed E-state index contributed by atoms with van der Waals surface area (Å²) in [7, 11) is 0. The lowest BCUT2D eigenvalue weighted by Gasteiger charge is -2.33. The molecule has 21 heavy (non-hydrogen) atoms. The number of hydrogen-bond donors (Lipinski definition) is 0. The van der Waals surface area contributed by atoms with Gasteiger partial charge in [-0.2, -0.15) is 5.10 Å². The molecule has 0 radical (unpaired) electrons. The Morgan fingerprint density at radius 2 is 2.14 bits per heavy atom. The Hall–Kier alpha value is -1.91. The molecule has 112 valence electrons. The van der Waals surface area contributed by atoms with Crippen molar-refractivity contribution < 1.29 is 0 Å². The van der Waals surface area contributed by atoms with Gasteiger partial charge in [0.05, 0.1) is 12.2 Å². The minimum absolute atomic E-state index is 0.438. The molecule has 0 saturated carbocycles. The third-order valence-corrected chi connectivity index (χ3v) is 4.06. The maximum Gasteiger partial charge on any atom is 0.132 e. The summed E-state index contributed by atoms with van der Waals surface area (Å²) in [6.07, 6.45) is 7.38. The van der Waals surface area contributed by atoms with Crippen LogP contribution in [-0.4, -0.2) is 32.8 Å². The molecule has 2 aromatic heterocycles. The van der Waals surface area contributed by atoms with Crippen molar-refractivity contribution >= 4 is 5.82 Å². The quantitative estimate of drug-likeness (QED) is 0.870. The average molecular weight is 285 g/mol. The second kappa shape index (κ2) is 5.84. The van der Waals surface area contributed by atoms with Crippen molar-refractivity contribution in [3.05, 3.63) is 35.5 Å². The highest BCUT2D eigenvalue weighted by Crippen LogP contribution is 2.25. The molecule has 0 bridgehead atoms. The van der Waals surface area contributed by atoms with Gasteiger partial charge >= 0.3 is 0 Å². The summed E-state index contributed by atoms with van der Waals surface area (Å²) < 4.78 is 2.11. The van der Waals surface area contributed by atoms with Gasteiger partial charge in [0.1, 0.15) is 11.6 Å². The fourth-order valence-corrected chi connectivity index (χ4v) is 2.97. The van der Waals surface area contributed by atoms with E-state index >= 15 is 0 Å². The van der Waals surface area contributed by atoms with Crippen LogP contribution in [0.3, 0.4) is 0 Å². The Balaban J connectivity index is 1.81. The van der Waals surface area contributed by atoms with Crippen LogP contribution in [0.2, 0.25) is 0 Å². The van der Waals surface area contributed by atoms with Crippen LogP contribution < -0.4 is 4.90 Å². The van der Waals surface area contributed by atoms with Crippen LogP contribution in [0.4, 0.5) is 5.82 Å². The molecule has 1 aliphatic rings. The van der Waals surface area contributed by atoms with Gasteiger partial charge in [-0.1, -0.05) is 6.92 Å². The number of hydrogen-bond acceptors (Lipinski definition) is 4. The lowest BCUT2D eigenvalue weighted by molar-refractivity contribution is 0.374. The predicted octanol–water partition coefficient (Wildman–Crippen LogP) is 2.69. The van der Waals surface area contributed by atoms with E-state index in [9.17, 15) is 0 Å². The Labute approximate surface area is 126 Å². The molecule has 3 rings (SSSR count). The number of anilines is 1. The molecule has 5 heteroatoms. The van der Waals surface area contributed by atoms with E-state index in [0.29, 0.717) is 6.04 Å². The van der Waals surface area contributed by atoms with Crippen LogP contribution in [0, 0.1) is 13.8 Å². The van der Waals surface area contributed by atoms with E-state index in [2.05, 4.69) is 50.8 Å². The summed E-state index contributed by atoms with van der Waals surface area (Å²) in [4.78, 5) is 11.5. The fraction of sp³-hybridized carbons (Fsp3) is 0.562. The van der Waals surface area contributed by atoms with Crippen molar-refractivity contribution in [2.24, 2.45) is 0 Å². The van der Waals surface area contributed by atoms with Crippen molar-refractivity contribution in [2.45, 2.75) is 46.1 Å². The van der Waals surface area contributed by atoms with Crippen LogP contribution in [0.1, 0.15) is 42.9 Å². The molecule has 1 aliphatic heterocycles. The van der Waals surface area contributed by atoms with E-state index in [4.69, 9.17) is 0 Å². The molecule has 1 saturated heterocycles. The van der Waals surface area contributed by atoms with Crippen molar-refractivity contribution in [1.29, 1.82) is 0 Å². The molecule has 1 unspecified atom stereocenters. The standard InChI is InChI=1S/C16H23N5/c1-4-14-8-16(19-13(3)18-14)20-7-5-6-15(11-20)21-10-12(2)9-17-21/h8-10,15H,4-7,11H2,1-3H3. The lowest BCUT2D eigenvalue weighted by atomic mass is 10.1. The van der Waals surface area contributed by atoms with E-state index in [1.165, 1.54) is 18.4 Å². The van der Waals surface area contributed by atoms with E-state index < -0.39 is 0 Å². The molecular formula is C16H23N5. The zero-order chi connectivity index (χ0) is 14.8. The van der Waals surface area contributed by atoms with Crippen molar-refractivity contribution in [3.63, 3.8) is 0 Å². The zero-order valence-electron chi connectivity index (χ0n) is 13.1. The van der Waals surface area contributed by atoms with Gasteiger partial charge < -0.3 is 4.90 Å². The van der Waals surface area contributed by atoms with E-state index in [0.717, 1.165) is 36.8 Å². The highest BCUT2D eigenvalue weighted by Gasteiger charge is 2.23. The first-order valence-electron chi connectivity index (χ1n) is 7.76. The number of aryl methyl sites for hydroxylation is 3. The average Bonchev–Trinajstić information content (AvgIpc) is 2.93. The summed E-state index contributed by atoms with van der Waals surface area (Å²) in [6, 6.07) is 2.57. The minimum atomic E-state index is 0.438. The molecule has 0 amide bonds. The first-order chi connectivity index (χ1) is 10.2. The Bertz CT molecular complexity index is 619. The topological polar surface area (TPSA) is 46.8 Å². The normalized spacial score (nSPS) is 19.0. The SMILES string of the molecule is CCc1cc(N2CCCC(n3cc(C)cn3)C2)nc(C)n1. The fourth-order valence-electron chi connectivity index (χ4n) is 2.97. The summed E-state index contributed by atoms with van der Waals surface area (Å²) in [6.45, 7) is 8.24. The predicted molar refractivity (Wildman–Crippen MR) is 83.6 cm³/mol. The Morgan fingerprint density at radius 3 is 2.86 bits per heavy atom. The van der Waals surface area contributed by atoms with Crippen molar-refractivity contribution in [3.8, 4) is 0 Å². The third-order valence-electron chi connectivity index (χ3n) is 4.06. The lowest BCUT2D eigenvalue weighted by Crippen LogP contribution is -2.37. The second-order valence-electron chi connectivity index (χ2n) is 5.86. The monoisotopic (exact) mass is 285 g/mol. The summed E-state index contributed by atoms with van der Waals surface area (Å²) >= 11 is 0. The van der Waals surface area contributed by atoms with Gasteiger partial charge in [0.2, 0.25) is 0 Å². The smallest absolute Gasteiger partial charge is 0.132 e. The minimum Gasteiger partial charge on any atom is -0.354 e. The number of aromatic nitrogens is 4. The van der Waals surface area contributed by atoms with Crippen LogP contribution >= 0.6 is 0 Å². The number of rotatable bonds is 3. The van der Waals surface area contributed by atoms with Crippen molar-refractivity contribution in [2.75, 3.05) is 18.0 Å². The molecule has 1 atom stereocenters. The van der Waals surface area contributed by atoms with Crippen LogP contribution in [0.25, 0.3) is 0 Å². The van der Waals surface area contributed by atoms with Gasteiger partial charge in [-0.05, 0) is 38.7 Å². The van der Waals surface area contributed by atoms with E-state index in [-0.39, 0.29) is 0 Å². The summed E-state index contributed by atoms with van der Waals surface area (Å²) in [5.74, 6) is 1.93. The van der Waals surface area contributed by atoms with Crippen LogP contribution in [0.15, 0.2) is 18.5 Å². The third kappa shape index (κ3) is 3.06.